The highest BCUT2D eigenvalue weighted by atomic mass is 32.2. The molecule has 0 aliphatic rings. The van der Waals surface area contributed by atoms with Crippen molar-refractivity contribution >= 4 is 21.9 Å². The van der Waals surface area contributed by atoms with Crippen molar-refractivity contribution in [2.75, 3.05) is 0 Å². The molecule has 0 aliphatic heterocycles. The highest BCUT2D eigenvalue weighted by Crippen LogP contribution is 2.14. The van der Waals surface area contributed by atoms with Gasteiger partial charge in [0, 0.05) is 5.57 Å². The summed E-state index contributed by atoms with van der Waals surface area (Å²) in [6.07, 6.45) is 1.55. The Morgan fingerprint density at radius 1 is 1.20 bits per heavy atom. The molecule has 0 heterocycles. The fraction of sp³-hybridized carbons (Fsp3) is 0.167. The highest BCUT2D eigenvalue weighted by Gasteiger charge is 2.20. The number of benzene rings is 1. The normalized spacial score (nSPS) is 11.8. The molecule has 0 aliphatic carbocycles. The van der Waals surface area contributed by atoms with Gasteiger partial charge in [0.25, 0.3) is 21.9 Å². The zero-order valence-corrected chi connectivity index (χ0v) is 11.7. The quantitative estimate of drug-likeness (QED) is 0.431. The summed E-state index contributed by atoms with van der Waals surface area (Å²) < 4.78 is 31.3. The molecule has 0 radical (unpaired) electrons. The number of carbonyl (C=O) groups excluding carboxylic acids is 2. The highest BCUT2D eigenvalue weighted by molar-refractivity contribution is 7.86. The van der Waals surface area contributed by atoms with Gasteiger partial charge in [0.2, 0.25) is 0 Å². The van der Waals surface area contributed by atoms with E-state index in [0.29, 0.717) is 5.57 Å². The maximum absolute atomic E-state index is 11.8. The summed E-state index contributed by atoms with van der Waals surface area (Å²) in [7, 11) is -4.52. The van der Waals surface area contributed by atoms with E-state index in [2.05, 4.69) is 10.9 Å². The number of allylic oxidation sites excluding steroid dienone is 1. The van der Waals surface area contributed by atoms with Gasteiger partial charge in [-0.05, 0) is 26.0 Å². The molecule has 108 valence electrons. The van der Waals surface area contributed by atoms with Crippen molar-refractivity contribution in [3.63, 3.8) is 0 Å². The molecule has 2 amide bonds. The average Bonchev–Trinajstić information content (AvgIpc) is 2.42. The molecule has 0 saturated heterocycles. The van der Waals surface area contributed by atoms with E-state index in [1.165, 1.54) is 18.2 Å². The summed E-state index contributed by atoms with van der Waals surface area (Å²) >= 11 is 0. The smallest absolute Gasteiger partial charge is 0.282 e. The zero-order chi connectivity index (χ0) is 15.3. The van der Waals surface area contributed by atoms with Crippen LogP contribution in [0.2, 0.25) is 0 Å². The first kappa shape index (κ1) is 15.9. The van der Waals surface area contributed by atoms with Crippen molar-refractivity contribution < 1.29 is 22.6 Å². The lowest BCUT2D eigenvalue weighted by molar-refractivity contribution is -0.118. The second-order valence-corrected chi connectivity index (χ2v) is 5.24. The van der Waals surface area contributed by atoms with E-state index in [4.69, 9.17) is 4.55 Å². The maximum atomic E-state index is 11.8. The Bertz CT molecular complexity index is 664. The molecule has 0 fully saturated rings. The molecule has 0 spiro atoms. The van der Waals surface area contributed by atoms with Crippen LogP contribution in [0.1, 0.15) is 24.2 Å². The number of nitrogens with one attached hydrogen (secondary N) is 2. The van der Waals surface area contributed by atoms with Crippen LogP contribution in [0.3, 0.4) is 0 Å². The first-order valence-electron chi connectivity index (χ1n) is 5.57. The fourth-order valence-electron chi connectivity index (χ4n) is 1.29. The van der Waals surface area contributed by atoms with Crippen LogP contribution in [0.5, 0.6) is 0 Å². The van der Waals surface area contributed by atoms with E-state index in [1.54, 1.807) is 19.9 Å². The number of hydrazine groups is 1. The van der Waals surface area contributed by atoms with Crippen LogP contribution in [0, 0.1) is 0 Å². The van der Waals surface area contributed by atoms with Crippen molar-refractivity contribution in [2.45, 2.75) is 18.7 Å². The topological polar surface area (TPSA) is 113 Å². The van der Waals surface area contributed by atoms with Crippen LogP contribution in [-0.2, 0) is 14.9 Å². The number of rotatable bonds is 3. The van der Waals surface area contributed by atoms with Crippen molar-refractivity contribution in [2.24, 2.45) is 0 Å². The van der Waals surface area contributed by atoms with Gasteiger partial charge in [0.15, 0.2) is 0 Å². The average molecular weight is 298 g/mol. The molecular weight excluding hydrogens is 284 g/mol. The van der Waals surface area contributed by atoms with Crippen molar-refractivity contribution in [1.82, 2.24) is 10.9 Å². The van der Waals surface area contributed by atoms with Gasteiger partial charge in [0.1, 0.15) is 4.90 Å². The standard InChI is InChI=1S/C12H14N2O5S/c1-3-8(2)11(15)13-14-12(16)9-6-4-5-7-10(9)20(17,18)19/h3-7H,1-2H3,(H,13,15)(H,14,16)(H,17,18,19). The molecule has 0 bridgehead atoms. The Labute approximate surface area is 116 Å². The minimum atomic E-state index is -4.52. The Morgan fingerprint density at radius 2 is 1.80 bits per heavy atom. The van der Waals surface area contributed by atoms with Gasteiger partial charge in [-0.1, -0.05) is 18.2 Å². The number of hydrogen-bond donors (Lipinski definition) is 3. The predicted octanol–water partition coefficient (Wildman–Crippen LogP) is 0.661. The Morgan fingerprint density at radius 3 is 2.35 bits per heavy atom. The number of carbonyl (C=O) groups is 2. The van der Waals surface area contributed by atoms with Crippen LogP contribution >= 0.6 is 0 Å². The van der Waals surface area contributed by atoms with Crippen LogP contribution < -0.4 is 10.9 Å². The zero-order valence-electron chi connectivity index (χ0n) is 10.9. The molecule has 1 rings (SSSR count). The molecule has 3 N–H and O–H groups in total. The molecule has 0 aromatic heterocycles. The monoisotopic (exact) mass is 298 g/mol. The summed E-state index contributed by atoms with van der Waals surface area (Å²) in [5, 5.41) is 0. The van der Waals surface area contributed by atoms with Gasteiger partial charge in [0.05, 0.1) is 5.56 Å². The van der Waals surface area contributed by atoms with E-state index in [9.17, 15) is 18.0 Å². The molecule has 20 heavy (non-hydrogen) atoms. The van der Waals surface area contributed by atoms with Crippen molar-refractivity contribution in [1.29, 1.82) is 0 Å². The van der Waals surface area contributed by atoms with E-state index in [1.807, 2.05) is 0 Å². The van der Waals surface area contributed by atoms with Gasteiger partial charge in [-0.25, -0.2) is 0 Å². The Balaban J connectivity index is 2.93. The van der Waals surface area contributed by atoms with E-state index in [-0.39, 0.29) is 5.56 Å². The molecule has 7 nitrogen and oxygen atoms in total. The largest absolute Gasteiger partial charge is 0.295 e. The lowest BCUT2D eigenvalue weighted by atomic mass is 10.2. The lowest BCUT2D eigenvalue weighted by Gasteiger charge is -2.09. The second kappa shape index (κ2) is 6.31. The van der Waals surface area contributed by atoms with Gasteiger partial charge in [-0.2, -0.15) is 8.42 Å². The minimum Gasteiger partial charge on any atom is -0.282 e. The summed E-state index contributed by atoms with van der Waals surface area (Å²) in [6, 6.07) is 5.10. The first-order chi connectivity index (χ1) is 9.27. The predicted molar refractivity (Wildman–Crippen MR) is 71.3 cm³/mol. The Hall–Kier alpha value is -2.19. The fourth-order valence-corrected chi connectivity index (χ4v) is 1.98. The molecule has 0 saturated carbocycles. The minimum absolute atomic E-state index is 0.270. The van der Waals surface area contributed by atoms with E-state index in [0.717, 1.165) is 6.07 Å². The van der Waals surface area contributed by atoms with Crippen LogP contribution in [0.25, 0.3) is 0 Å². The number of hydrogen-bond acceptors (Lipinski definition) is 4. The summed E-state index contributed by atoms with van der Waals surface area (Å²) in [6.45, 7) is 3.21. The van der Waals surface area contributed by atoms with Crippen molar-refractivity contribution in [3.05, 3.63) is 41.5 Å². The van der Waals surface area contributed by atoms with Crippen LogP contribution in [0.4, 0.5) is 0 Å². The molecule has 1 aromatic carbocycles. The first-order valence-corrected chi connectivity index (χ1v) is 7.01. The molecule has 0 unspecified atom stereocenters. The van der Waals surface area contributed by atoms with Gasteiger partial charge in [-0.15, -0.1) is 0 Å². The molecule has 1 aromatic rings. The summed E-state index contributed by atoms with van der Waals surface area (Å²) in [4.78, 5) is 22.7. The third-order valence-corrected chi connectivity index (χ3v) is 3.40. The third-order valence-electron chi connectivity index (χ3n) is 2.49. The summed E-state index contributed by atoms with van der Waals surface area (Å²) in [5.41, 5.74) is 4.31. The van der Waals surface area contributed by atoms with Gasteiger partial charge in [-0.3, -0.25) is 25.0 Å². The molecule has 8 heteroatoms. The third kappa shape index (κ3) is 3.90. The van der Waals surface area contributed by atoms with Crippen LogP contribution in [0.15, 0.2) is 40.8 Å². The van der Waals surface area contributed by atoms with E-state index < -0.39 is 26.8 Å². The SMILES string of the molecule is CC=C(C)C(=O)NNC(=O)c1ccccc1S(=O)(=O)O. The number of amides is 2. The Kier molecular flexibility index (Phi) is 5.00. The lowest BCUT2D eigenvalue weighted by Crippen LogP contribution is -2.42. The van der Waals surface area contributed by atoms with Crippen molar-refractivity contribution in [3.8, 4) is 0 Å². The molecular formula is C12H14N2O5S. The van der Waals surface area contributed by atoms with Gasteiger partial charge >= 0.3 is 0 Å². The molecule has 0 atom stereocenters. The van der Waals surface area contributed by atoms with E-state index >= 15 is 0 Å². The van der Waals surface area contributed by atoms with Crippen LogP contribution in [-0.4, -0.2) is 24.8 Å². The van der Waals surface area contributed by atoms with Gasteiger partial charge < -0.3 is 0 Å². The second-order valence-electron chi connectivity index (χ2n) is 3.85. The summed E-state index contributed by atoms with van der Waals surface area (Å²) in [5.74, 6) is -1.37. The maximum Gasteiger partial charge on any atom is 0.295 e.